The molecule has 1 atom stereocenters. The molecule has 3 heterocycles. The van der Waals surface area contributed by atoms with Gasteiger partial charge in [0.25, 0.3) is 11.8 Å². The summed E-state index contributed by atoms with van der Waals surface area (Å²) in [6.07, 6.45) is 2.76. The molecule has 1 saturated heterocycles. The number of pyridine rings is 2. The average Bonchev–Trinajstić information content (AvgIpc) is 3.39. The van der Waals surface area contributed by atoms with Gasteiger partial charge in [0.1, 0.15) is 0 Å². The molecule has 1 aliphatic carbocycles. The number of halogens is 3. The first-order valence-electron chi connectivity index (χ1n) is 14.0. The lowest BCUT2D eigenvalue weighted by molar-refractivity contribution is -0.141. The summed E-state index contributed by atoms with van der Waals surface area (Å²) in [6, 6.07) is 11.3. The van der Waals surface area contributed by atoms with E-state index in [-0.39, 0.29) is 18.0 Å². The minimum absolute atomic E-state index is 0.0877. The molecule has 1 aromatic carbocycles. The van der Waals surface area contributed by atoms with E-state index >= 15 is 0 Å². The highest BCUT2D eigenvalue weighted by atomic mass is 19.4. The number of hydrogen-bond donors (Lipinski definition) is 0. The number of benzene rings is 1. The number of nitrogens with zero attached hydrogens (tertiary/aromatic N) is 5. The number of piperidine rings is 1. The molecule has 1 fully saturated rings. The van der Waals surface area contributed by atoms with Crippen LogP contribution in [0.25, 0.3) is 0 Å². The molecule has 0 radical (unpaired) electrons. The van der Waals surface area contributed by atoms with Crippen LogP contribution in [-0.4, -0.2) is 63.8 Å². The second kappa shape index (κ2) is 11.5. The van der Waals surface area contributed by atoms with Crippen LogP contribution >= 0.6 is 0 Å². The molecule has 0 N–H and O–H groups in total. The topological polar surface area (TPSA) is 69.6 Å². The Labute approximate surface area is 238 Å². The first kappa shape index (κ1) is 28.6. The Morgan fingerprint density at radius 1 is 0.976 bits per heavy atom. The fourth-order valence-corrected chi connectivity index (χ4v) is 6.12. The van der Waals surface area contributed by atoms with E-state index < -0.39 is 29.4 Å². The van der Waals surface area contributed by atoms with Crippen molar-refractivity contribution in [2.24, 2.45) is 0 Å². The zero-order valence-corrected chi connectivity index (χ0v) is 23.4. The lowest BCUT2D eigenvalue weighted by Crippen LogP contribution is -2.45. The van der Waals surface area contributed by atoms with E-state index in [2.05, 4.69) is 14.9 Å². The van der Waals surface area contributed by atoms with Crippen molar-refractivity contribution in [3.05, 3.63) is 89.0 Å². The van der Waals surface area contributed by atoms with Gasteiger partial charge in [-0.25, -0.2) is 0 Å². The van der Waals surface area contributed by atoms with Crippen LogP contribution in [0.5, 0.6) is 0 Å². The summed E-state index contributed by atoms with van der Waals surface area (Å²) in [4.78, 5) is 40.4. The lowest BCUT2D eigenvalue weighted by Gasteiger charge is -2.38. The highest BCUT2D eigenvalue weighted by molar-refractivity contribution is 5.96. The van der Waals surface area contributed by atoms with Gasteiger partial charge in [-0.05, 0) is 87.1 Å². The van der Waals surface area contributed by atoms with Gasteiger partial charge in [0.05, 0.1) is 11.6 Å². The number of carbonyl (C=O) groups is 2. The van der Waals surface area contributed by atoms with Crippen molar-refractivity contribution in [3.8, 4) is 0 Å². The van der Waals surface area contributed by atoms with Gasteiger partial charge in [-0.1, -0.05) is 6.07 Å². The second-order valence-electron chi connectivity index (χ2n) is 11.0. The summed E-state index contributed by atoms with van der Waals surface area (Å²) < 4.78 is 41.1. The molecular formula is C31H34F3N5O2. The van der Waals surface area contributed by atoms with Gasteiger partial charge in [-0.3, -0.25) is 19.6 Å². The lowest BCUT2D eigenvalue weighted by atomic mass is 9.99. The molecule has 2 amide bonds. The second-order valence-corrected chi connectivity index (χ2v) is 11.0. The molecule has 10 heteroatoms. The van der Waals surface area contributed by atoms with Gasteiger partial charge >= 0.3 is 6.18 Å². The van der Waals surface area contributed by atoms with E-state index in [1.165, 1.54) is 17.0 Å². The van der Waals surface area contributed by atoms with E-state index in [1.807, 2.05) is 37.4 Å². The maximum Gasteiger partial charge on any atom is 0.434 e. The molecular weight excluding hydrogens is 531 g/mol. The summed E-state index contributed by atoms with van der Waals surface area (Å²) in [5.74, 6) is -0.817. The molecule has 2 aliphatic rings. The normalized spacial score (nSPS) is 17.4. The Kier molecular flexibility index (Phi) is 8.02. The highest BCUT2D eigenvalue weighted by Gasteiger charge is 2.41. The van der Waals surface area contributed by atoms with Crippen molar-refractivity contribution in [2.45, 2.75) is 63.8 Å². The quantitative estimate of drug-likeness (QED) is 0.379. The highest BCUT2D eigenvalue weighted by Crippen LogP contribution is 2.40. The summed E-state index contributed by atoms with van der Waals surface area (Å²) in [5, 5.41) is 0. The van der Waals surface area contributed by atoms with E-state index in [9.17, 15) is 22.8 Å². The number of fused-ring (bicyclic) bond motifs is 1. The fourth-order valence-electron chi connectivity index (χ4n) is 6.12. The smallest absolute Gasteiger partial charge is 0.371 e. The monoisotopic (exact) mass is 565 g/mol. The maximum absolute atomic E-state index is 13.7. The molecule has 0 bridgehead atoms. The van der Waals surface area contributed by atoms with Crippen LogP contribution in [0.3, 0.4) is 0 Å². The van der Waals surface area contributed by atoms with Crippen LogP contribution in [0.15, 0.2) is 61.1 Å². The Balaban J connectivity index is 1.35. The number of amides is 2. The van der Waals surface area contributed by atoms with E-state index in [1.54, 1.807) is 31.1 Å². The van der Waals surface area contributed by atoms with Gasteiger partial charge in [0, 0.05) is 62.1 Å². The molecule has 0 saturated carbocycles. The standard InChI is InChI=1S/C31H34F3N5O2/c1-20(2)39(30(41)25-5-4-14-36-28(25)31(32,33)34)27-9-8-21-6-7-22(19-26(21)27)29(40)37(3)23-12-17-38(18-13-23)24-10-15-35-16-11-24/h4-7,10-11,14-16,19-20,23,27H,8-9,12-13,17-18H2,1-3H3/t27-/m1/s1. The molecule has 3 aromatic rings. The van der Waals surface area contributed by atoms with Crippen LogP contribution in [0.4, 0.5) is 18.9 Å². The first-order valence-corrected chi connectivity index (χ1v) is 14.0. The van der Waals surface area contributed by atoms with Crippen molar-refractivity contribution in [1.29, 1.82) is 0 Å². The van der Waals surface area contributed by atoms with Gasteiger partial charge < -0.3 is 14.7 Å². The molecule has 216 valence electrons. The summed E-state index contributed by atoms with van der Waals surface area (Å²) in [6.45, 7) is 5.25. The van der Waals surface area contributed by atoms with Gasteiger partial charge in [0.2, 0.25) is 0 Å². The summed E-state index contributed by atoms with van der Waals surface area (Å²) >= 11 is 0. The molecule has 41 heavy (non-hydrogen) atoms. The predicted octanol–water partition coefficient (Wildman–Crippen LogP) is 5.77. The SMILES string of the molecule is CC(C)N(C(=O)c1cccnc1C(F)(F)F)[C@@H]1CCc2ccc(C(=O)N(C)C3CCN(c4ccncc4)CC3)cc21. The molecule has 2 aromatic heterocycles. The van der Waals surface area contributed by atoms with Crippen LogP contribution in [0, 0.1) is 0 Å². The van der Waals surface area contributed by atoms with E-state index in [4.69, 9.17) is 0 Å². The molecule has 0 spiro atoms. The number of hydrogen-bond acceptors (Lipinski definition) is 5. The van der Waals surface area contributed by atoms with Gasteiger partial charge in [0.15, 0.2) is 5.69 Å². The van der Waals surface area contributed by atoms with Crippen molar-refractivity contribution in [1.82, 2.24) is 19.8 Å². The number of carbonyl (C=O) groups excluding carboxylic acids is 2. The third-order valence-electron chi connectivity index (χ3n) is 8.23. The largest absolute Gasteiger partial charge is 0.434 e. The van der Waals surface area contributed by atoms with Gasteiger partial charge in [-0.2, -0.15) is 13.2 Å². The van der Waals surface area contributed by atoms with Crippen LogP contribution < -0.4 is 4.90 Å². The van der Waals surface area contributed by atoms with Crippen molar-refractivity contribution < 1.29 is 22.8 Å². The van der Waals surface area contributed by atoms with E-state index in [0.717, 1.165) is 48.9 Å². The number of rotatable bonds is 6. The number of anilines is 1. The Morgan fingerprint density at radius 2 is 1.68 bits per heavy atom. The third-order valence-corrected chi connectivity index (χ3v) is 8.23. The number of aryl methyl sites for hydroxylation is 1. The minimum atomic E-state index is -4.75. The predicted molar refractivity (Wildman–Crippen MR) is 150 cm³/mol. The van der Waals surface area contributed by atoms with Crippen LogP contribution in [0.1, 0.15) is 76.7 Å². The molecule has 0 unspecified atom stereocenters. The molecule has 1 aliphatic heterocycles. The van der Waals surface area contributed by atoms with Crippen molar-refractivity contribution in [3.63, 3.8) is 0 Å². The maximum atomic E-state index is 13.7. The fraction of sp³-hybridized carbons (Fsp3) is 0.419. The third kappa shape index (κ3) is 5.78. The Morgan fingerprint density at radius 3 is 2.34 bits per heavy atom. The van der Waals surface area contributed by atoms with Crippen LogP contribution in [-0.2, 0) is 12.6 Å². The molecule has 7 nitrogen and oxygen atoms in total. The van der Waals surface area contributed by atoms with Crippen LogP contribution in [0.2, 0.25) is 0 Å². The van der Waals surface area contributed by atoms with Gasteiger partial charge in [-0.15, -0.1) is 0 Å². The molecule has 5 rings (SSSR count). The van der Waals surface area contributed by atoms with E-state index in [0.29, 0.717) is 18.4 Å². The van der Waals surface area contributed by atoms with Crippen molar-refractivity contribution >= 4 is 17.5 Å². The minimum Gasteiger partial charge on any atom is -0.371 e. The summed E-state index contributed by atoms with van der Waals surface area (Å²) in [7, 11) is 1.82. The Bertz CT molecular complexity index is 1400. The zero-order chi connectivity index (χ0) is 29.3. The zero-order valence-electron chi connectivity index (χ0n) is 23.4. The first-order chi connectivity index (χ1) is 19.6. The number of alkyl halides is 3. The number of aromatic nitrogens is 2. The Hall–Kier alpha value is -3.95. The average molecular weight is 566 g/mol. The van der Waals surface area contributed by atoms with Crippen molar-refractivity contribution in [2.75, 3.05) is 25.0 Å². The summed E-state index contributed by atoms with van der Waals surface area (Å²) in [5.41, 5.74) is 1.80.